The lowest BCUT2D eigenvalue weighted by Crippen LogP contribution is -2.44. The second-order valence-corrected chi connectivity index (χ2v) is 8.69. The number of ether oxygens (including phenoxy) is 1. The summed E-state index contributed by atoms with van der Waals surface area (Å²) in [6.07, 6.45) is 5.93. The summed E-state index contributed by atoms with van der Waals surface area (Å²) < 4.78 is 5.34. The Morgan fingerprint density at radius 2 is 1.94 bits per heavy atom. The lowest BCUT2D eigenvalue weighted by molar-refractivity contribution is 0.164. The van der Waals surface area contributed by atoms with Crippen LogP contribution in [0.3, 0.4) is 0 Å². The molecule has 1 atom stereocenters. The highest BCUT2D eigenvalue weighted by Crippen LogP contribution is 2.25. The number of rotatable bonds is 9. The van der Waals surface area contributed by atoms with Gasteiger partial charge in [0.15, 0.2) is 5.96 Å². The van der Waals surface area contributed by atoms with Gasteiger partial charge in [0.2, 0.25) is 0 Å². The van der Waals surface area contributed by atoms with Gasteiger partial charge in [0.1, 0.15) is 5.75 Å². The maximum absolute atomic E-state index is 5.34. The van der Waals surface area contributed by atoms with Gasteiger partial charge in [-0.25, -0.2) is 4.98 Å². The highest BCUT2D eigenvalue weighted by atomic mass is 127. The molecule has 0 bridgehead atoms. The van der Waals surface area contributed by atoms with Crippen LogP contribution in [-0.2, 0) is 6.42 Å². The number of aryl methyl sites for hydroxylation is 2. The summed E-state index contributed by atoms with van der Waals surface area (Å²) >= 11 is 1.75. The quantitative estimate of drug-likeness (QED) is 0.207. The van der Waals surface area contributed by atoms with Gasteiger partial charge in [-0.3, -0.25) is 9.89 Å². The van der Waals surface area contributed by atoms with Crippen LogP contribution in [0.4, 0.5) is 0 Å². The zero-order valence-corrected chi connectivity index (χ0v) is 22.0. The minimum Gasteiger partial charge on any atom is -0.497 e. The molecule has 1 saturated heterocycles. The van der Waals surface area contributed by atoms with Gasteiger partial charge in [-0.05, 0) is 57.0 Å². The number of thiazole rings is 1. The van der Waals surface area contributed by atoms with E-state index < -0.39 is 0 Å². The number of aromatic nitrogens is 1. The van der Waals surface area contributed by atoms with Crippen molar-refractivity contribution in [3.63, 3.8) is 0 Å². The largest absolute Gasteiger partial charge is 0.497 e. The van der Waals surface area contributed by atoms with Crippen molar-refractivity contribution >= 4 is 41.3 Å². The fourth-order valence-electron chi connectivity index (χ4n) is 3.89. The monoisotopic (exact) mass is 557 g/mol. The van der Waals surface area contributed by atoms with E-state index in [2.05, 4.69) is 55.2 Å². The number of likely N-dealkylation sites (tertiary alicyclic amines) is 1. The Balaban J connectivity index is 0.00000341. The van der Waals surface area contributed by atoms with Gasteiger partial charge in [0, 0.05) is 37.6 Å². The normalized spacial score (nSPS) is 15.8. The molecule has 0 spiro atoms. The van der Waals surface area contributed by atoms with E-state index in [1.54, 1.807) is 18.4 Å². The first-order valence-electron chi connectivity index (χ1n) is 10.9. The average Bonchev–Trinajstić information content (AvgIpc) is 3.21. The molecule has 1 aromatic carbocycles. The van der Waals surface area contributed by atoms with Gasteiger partial charge in [-0.15, -0.1) is 35.3 Å². The highest BCUT2D eigenvalue weighted by Gasteiger charge is 2.22. The van der Waals surface area contributed by atoms with Gasteiger partial charge < -0.3 is 15.4 Å². The second kappa shape index (κ2) is 13.9. The molecule has 1 unspecified atom stereocenters. The van der Waals surface area contributed by atoms with E-state index in [4.69, 9.17) is 4.74 Å². The topological polar surface area (TPSA) is 61.8 Å². The summed E-state index contributed by atoms with van der Waals surface area (Å²) in [7, 11) is 3.55. The summed E-state index contributed by atoms with van der Waals surface area (Å²) in [5.41, 5.74) is 2.43. The summed E-state index contributed by atoms with van der Waals surface area (Å²) in [4.78, 5) is 11.5. The third-order valence-corrected chi connectivity index (χ3v) is 6.57. The van der Waals surface area contributed by atoms with Crippen molar-refractivity contribution in [2.45, 2.75) is 45.1 Å². The summed E-state index contributed by atoms with van der Waals surface area (Å²) in [6.45, 7) is 6.06. The molecule has 8 heteroatoms. The Morgan fingerprint density at radius 3 is 2.55 bits per heavy atom. The molecule has 0 amide bonds. The van der Waals surface area contributed by atoms with E-state index in [1.807, 2.05) is 14.0 Å². The number of nitrogens with zero attached hydrogens (tertiary/aromatic N) is 3. The number of benzene rings is 1. The van der Waals surface area contributed by atoms with Crippen LogP contribution in [0, 0.1) is 6.92 Å². The average molecular weight is 558 g/mol. The van der Waals surface area contributed by atoms with Crippen molar-refractivity contribution in [1.29, 1.82) is 0 Å². The van der Waals surface area contributed by atoms with Gasteiger partial charge in [0.05, 0.1) is 18.2 Å². The molecule has 1 fully saturated rings. The van der Waals surface area contributed by atoms with Crippen molar-refractivity contribution in [1.82, 2.24) is 20.5 Å². The second-order valence-electron chi connectivity index (χ2n) is 7.75. The van der Waals surface area contributed by atoms with Gasteiger partial charge >= 0.3 is 0 Å². The number of halogens is 1. The number of piperidine rings is 1. The Bertz CT molecular complexity index is 790. The molecule has 0 radical (unpaired) electrons. The van der Waals surface area contributed by atoms with Crippen molar-refractivity contribution < 1.29 is 4.74 Å². The lowest BCUT2D eigenvalue weighted by Gasteiger charge is -2.35. The van der Waals surface area contributed by atoms with Crippen LogP contribution >= 0.6 is 35.3 Å². The molecule has 3 rings (SSSR count). The van der Waals surface area contributed by atoms with E-state index in [0.717, 1.165) is 56.4 Å². The molecule has 31 heavy (non-hydrogen) atoms. The molecule has 1 aliphatic rings. The number of aliphatic imine (C=N–C) groups is 1. The van der Waals surface area contributed by atoms with Crippen molar-refractivity contribution in [3.05, 3.63) is 45.9 Å². The molecule has 0 saturated carbocycles. The van der Waals surface area contributed by atoms with Crippen LogP contribution in [-0.4, -0.2) is 56.2 Å². The van der Waals surface area contributed by atoms with E-state index in [-0.39, 0.29) is 24.0 Å². The Hall–Kier alpha value is -1.39. The summed E-state index contributed by atoms with van der Waals surface area (Å²) in [5, 5.41) is 10.3. The minimum absolute atomic E-state index is 0. The Morgan fingerprint density at radius 1 is 1.19 bits per heavy atom. The van der Waals surface area contributed by atoms with Gasteiger partial charge in [-0.2, -0.15) is 0 Å². The third kappa shape index (κ3) is 8.23. The summed E-state index contributed by atoms with van der Waals surface area (Å²) in [6, 6.07) is 8.81. The molecule has 0 aliphatic carbocycles. The molecular formula is C23H36IN5OS. The molecule has 2 aromatic rings. The smallest absolute Gasteiger partial charge is 0.191 e. The fraction of sp³-hybridized carbons (Fsp3) is 0.565. The van der Waals surface area contributed by atoms with Gasteiger partial charge in [-0.1, -0.05) is 18.6 Å². The standard InChI is InChI=1S/C23H35N5OS.HI/c1-18-17-30-22(27-18)8-7-13-25-23(24-2)26-16-21(28-14-5-4-6-15-28)19-9-11-20(29-3)12-10-19;/h9-12,17,21H,4-8,13-16H2,1-3H3,(H2,24,25,26);1H. The van der Waals surface area contributed by atoms with Crippen LogP contribution in [0.1, 0.15) is 48.0 Å². The van der Waals surface area contributed by atoms with Crippen molar-refractivity contribution in [2.24, 2.45) is 4.99 Å². The molecule has 2 heterocycles. The van der Waals surface area contributed by atoms with E-state index in [9.17, 15) is 0 Å². The van der Waals surface area contributed by atoms with E-state index >= 15 is 0 Å². The maximum atomic E-state index is 5.34. The van der Waals surface area contributed by atoms with Crippen LogP contribution < -0.4 is 15.4 Å². The number of hydrogen-bond donors (Lipinski definition) is 2. The first-order valence-corrected chi connectivity index (χ1v) is 11.8. The molecule has 6 nitrogen and oxygen atoms in total. The molecule has 1 aromatic heterocycles. The van der Waals surface area contributed by atoms with Crippen LogP contribution in [0.2, 0.25) is 0 Å². The number of hydrogen-bond acceptors (Lipinski definition) is 5. The van der Waals surface area contributed by atoms with Gasteiger partial charge in [0.25, 0.3) is 0 Å². The van der Waals surface area contributed by atoms with E-state index in [1.165, 1.54) is 29.8 Å². The zero-order valence-electron chi connectivity index (χ0n) is 18.9. The number of guanidine groups is 1. The lowest BCUT2D eigenvalue weighted by atomic mass is 10.0. The first kappa shape index (κ1) is 25.9. The van der Waals surface area contributed by atoms with Crippen molar-refractivity contribution in [3.8, 4) is 5.75 Å². The van der Waals surface area contributed by atoms with Crippen molar-refractivity contribution in [2.75, 3.05) is 40.3 Å². The third-order valence-electron chi connectivity index (χ3n) is 5.54. The van der Waals surface area contributed by atoms with E-state index in [0.29, 0.717) is 6.04 Å². The molecular weight excluding hydrogens is 521 g/mol. The SMILES string of the molecule is CN=C(NCCCc1nc(C)cs1)NCC(c1ccc(OC)cc1)N1CCCCC1.I. The predicted octanol–water partition coefficient (Wildman–Crippen LogP) is 4.40. The maximum Gasteiger partial charge on any atom is 0.191 e. The predicted molar refractivity (Wildman–Crippen MR) is 141 cm³/mol. The molecule has 172 valence electrons. The molecule has 2 N–H and O–H groups in total. The fourth-order valence-corrected chi connectivity index (χ4v) is 4.71. The Labute approximate surface area is 207 Å². The number of nitrogens with one attached hydrogen (secondary N) is 2. The highest BCUT2D eigenvalue weighted by molar-refractivity contribution is 14.0. The minimum atomic E-state index is 0. The summed E-state index contributed by atoms with van der Waals surface area (Å²) in [5.74, 6) is 1.76. The van der Waals surface area contributed by atoms with Crippen LogP contribution in [0.25, 0.3) is 0 Å². The molecule has 1 aliphatic heterocycles. The van der Waals surface area contributed by atoms with Crippen LogP contribution in [0.15, 0.2) is 34.6 Å². The first-order chi connectivity index (χ1) is 14.7. The Kier molecular flexibility index (Phi) is 11.6. The number of methoxy groups -OCH3 is 1. The van der Waals surface area contributed by atoms with Crippen LogP contribution in [0.5, 0.6) is 5.75 Å². The zero-order chi connectivity index (χ0) is 21.2.